The number of amides is 1. The molecule has 2 heterocycles. The summed E-state index contributed by atoms with van der Waals surface area (Å²) in [7, 11) is 0. The van der Waals surface area contributed by atoms with Crippen LogP contribution in [0.15, 0.2) is 54.9 Å². The quantitative estimate of drug-likeness (QED) is 0.807. The molecular formula is C23H30N2O2. The van der Waals surface area contributed by atoms with E-state index in [0.717, 1.165) is 25.7 Å². The van der Waals surface area contributed by atoms with E-state index in [4.69, 9.17) is 4.74 Å². The molecule has 144 valence electrons. The topological polar surface area (TPSA) is 51.2 Å². The summed E-state index contributed by atoms with van der Waals surface area (Å²) in [5.41, 5.74) is 2.24. The van der Waals surface area contributed by atoms with Crippen LogP contribution in [0.4, 0.5) is 0 Å². The number of hydrogen-bond donors (Lipinski definition) is 1. The van der Waals surface area contributed by atoms with E-state index in [2.05, 4.69) is 48.4 Å². The minimum absolute atomic E-state index is 0.0517. The molecule has 1 aromatic heterocycles. The number of aromatic nitrogens is 1. The van der Waals surface area contributed by atoms with Crippen molar-refractivity contribution in [2.75, 3.05) is 13.2 Å². The van der Waals surface area contributed by atoms with Gasteiger partial charge in [0.15, 0.2) is 0 Å². The van der Waals surface area contributed by atoms with Gasteiger partial charge in [-0.1, -0.05) is 30.3 Å². The average Bonchev–Trinajstić information content (AvgIpc) is 2.62. The van der Waals surface area contributed by atoms with Crippen LogP contribution in [0.5, 0.6) is 0 Å². The number of benzene rings is 1. The van der Waals surface area contributed by atoms with Gasteiger partial charge in [-0.3, -0.25) is 9.78 Å². The molecule has 3 rings (SSSR count). The molecule has 0 saturated carbocycles. The highest BCUT2D eigenvalue weighted by Gasteiger charge is 2.42. The minimum atomic E-state index is -0.190. The second kappa shape index (κ2) is 8.66. The zero-order chi connectivity index (χ0) is 19.2. The molecule has 1 aliphatic heterocycles. The maximum atomic E-state index is 12.7. The van der Waals surface area contributed by atoms with Gasteiger partial charge in [0.05, 0.1) is 5.60 Å². The van der Waals surface area contributed by atoms with Crippen LogP contribution in [0.3, 0.4) is 0 Å². The first-order valence-electron chi connectivity index (χ1n) is 9.80. The summed E-state index contributed by atoms with van der Waals surface area (Å²) in [5.74, 6) is 0.137. The van der Waals surface area contributed by atoms with Crippen molar-refractivity contribution in [3.05, 3.63) is 66.0 Å². The number of rotatable bonds is 7. The summed E-state index contributed by atoms with van der Waals surface area (Å²) in [6, 6.07) is 14.5. The van der Waals surface area contributed by atoms with Gasteiger partial charge in [-0.15, -0.1) is 0 Å². The molecule has 2 aromatic rings. The lowest BCUT2D eigenvalue weighted by molar-refractivity contribution is -0.133. The molecule has 1 amide bonds. The van der Waals surface area contributed by atoms with Gasteiger partial charge in [-0.25, -0.2) is 0 Å². The van der Waals surface area contributed by atoms with E-state index >= 15 is 0 Å². The van der Waals surface area contributed by atoms with Gasteiger partial charge in [0.25, 0.3) is 0 Å². The van der Waals surface area contributed by atoms with Crippen molar-refractivity contribution < 1.29 is 9.53 Å². The van der Waals surface area contributed by atoms with Gasteiger partial charge in [0.1, 0.15) is 0 Å². The first-order chi connectivity index (χ1) is 13.0. The predicted molar refractivity (Wildman–Crippen MR) is 107 cm³/mol. The Morgan fingerprint density at radius 2 is 1.85 bits per heavy atom. The molecule has 4 nitrogen and oxygen atoms in total. The van der Waals surface area contributed by atoms with Crippen molar-refractivity contribution in [3.63, 3.8) is 0 Å². The number of hydrogen-bond acceptors (Lipinski definition) is 3. The van der Waals surface area contributed by atoms with E-state index in [9.17, 15) is 4.79 Å². The molecule has 1 saturated heterocycles. The summed E-state index contributed by atoms with van der Waals surface area (Å²) < 4.78 is 5.94. The van der Waals surface area contributed by atoms with Crippen LogP contribution < -0.4 is 5.32 Å². The largest absolute Gasteiger partial charge is 0.376 e. The molecule has 4 heteroatoms. The zero-order valence-corrected chi connectivity index (χ0v) is 16.4. The Hall–Kier alpha value is -2.20. The van der Waals surface area contributed by atoms with Crippen LogP contribution in [-0.4, -0.2) is 29.6 Å². The summed E-state index contributed by atoms with van der Waals surface area (Å²) in [6.45, 7) is 5.63. The van der Waals surface area contributed by atoms with Crippen LogP contribution in [0.25, 0.3) is 0 Å². The molecule has 1 aromatic carbocycles. The van der Waals surface area contributed by atoms with E-state index in [1.54, 1.807) is 12.4 Å². The zero-order valence-electron chi connectivity index (χ0n) is 16.4. The number of carbonyl (C=O) groups excluding carboxylic acids is 1. The summed E-state index contributed by atoms with van der Waals surface area (Å²) in [4.78, 5) is 16.8. The number of ether oxygens (including phenoxy) is 1. The number of carbonyl (C=O) groups is 1. The number of nitrogens with one attached hydrogen (secondary N) is 1. The van der Waals surface area contributed by atoms with E-state index in [1.165, 1.54) is 11.1 Å². The highest BCUT2D eigenvalue weighted by molar-refractivity contribution is 5.76. The third-order valence-corrected chi connectivity index (χ3v) is 5.37. The maximum Gasteiger partial charge on any atom is 0.220 e. The summed E-state index contributed by atoms with van der Waals surface area (Å²) in [6.07, 6.45) is 7.68. The fourth-order valence-corrected chi connectivity index (χ4v) is 4.28. The van der Waals surface area contributed by atoms with Gasteiger partial charge in [0, 0.05) is 32.0 Å². The van der Waals surface area contributed by atoms with Gasteiger partial charge in [-0.05, 0) is 68.2 Å². The lowest BCUT2D eigenvalue weighted by Gasteiger charge is -2.45. The maximum absolute atomic E-state index is 12.7. The average molecular weight is 367 g/mol. The second-order valence-electron chi connectivity index (χ2n) is 8.33. The fraction of sp³-hybridized carbons (Fsp3) is 0.478. The van der Waals surface area contributed by atoms with E-state index in [0.29, 0.717) is 19.6 Å². The standard InChI is InChI=1S/C23H30N2O2/c1-22(2)18-23(11-15-27-22,16-20-6-4-3-5-7-20)17-21(26)25-14-10-19-8-12-24-13-9-19/h3-9,12-13H,10-11,14-18H2,1-2H3,(H,25,26). The molecule has 0 bridgehead atoms. The van der Waals surface area contributed by atoms with Gasteiger partial charge in [0.2, 0.25) is 5.91 Å². The third-order valence-electron chi connectivity index (χ3n) is 5.37. The van der Waals surface area contributed by atoms with Gasteiger partial charge < -0.3 is 10.1 Å². The number of pyridine rings is 1. The highest BCUT2D eigenvalue weighted by atomic mass is 16.5. The van der Waals surface area contributed by atoms with Crippen molar-refractivity contribution in [3.8, 4) is 0 Å². The molecular weight excluding hydrogens is 336 g/mol. The molecule has 0 aliphatic carbocycles. The third kappa shape index (κ3) is 5.90. The first-order valence-corrected chi connectivity index (χ1v) is 9.80. The molecule has 27 heavy (non-hydrogen) atoms. The van der Waals surface area contributed by atoms with Crippen molar-refractivity contribution in [2.24, 2.45) is 5.41 Å². The Morgan fingerprint density at radius 3 is 2.56 bits per heavy atom. The molecule has 1 N–H and O–H groups in total. The van der Waals surface area contributed by atoms with Crippen molar-refractivity contribution in [1.29, 1.82) is 0 Å². The Morgan fingerprint density at radius 1 is 1.11 bits per heavy atom. The lowest BCUT2D eigenvalue weighted by atomic mass is 9.68. The van der Waals surface area contributed by atoms with Crippen molar-refractivity contribution in [2.45, 2.75) is 51.6 Å². The van der Waals surface area contributed by atoms with Crippen LogP contribution >= 0.6 is 0 Å². The van der Waals surface area contributed by atoms with E-state index in [1.807, 2.05) is 18.2 Å². The number of nitrogens with zero attached hydrogens (tertiary/aromatic N) is 1. The Balaban J connectivity index is 1.63. The lowest BCUT2D eigenvalue weighted by Crippen LogP contribution is -2.45. The van der Waals surface area contributed by atoms with E-state index in [-0.39, 0.29) is 16.9 Å². The second-order valence-corrected chi connectivity index (χ2v) is 8.33. The van der Waals surface area contributed by atoms with Crippen molar-refractivity contribution in [1.82, 2.24) is 10.3 Å². The first kappa shape index (κ1) is 19.6. The Kier molecular flexibility index (Phi) is 6.27. The smallest absolute Gasteiger partial charge is 0.220 e. The van der Waals surface area contributed by atoms with Crippen LogP contribution in [0.2, 0.25) is 0 Å². The SMILES string of the molecule is CC1(C)CC(CC(=O)NCCc2ccncc2)(Cc2ccccc2)CCO1. The van der Waals surface area contributed by atoms with E-state index < -0.39 is 0 Å². The monoisotopic (exact) mass is 366 g/mol. The van der Waals surface area contributed by atoms with Crippen LogP contribution in [0.1, 0.15) is 44.2 Å². The molecule has 1 unspecified atom stereocenters. The molecule has 0 spiro atoms. The van der Waals surface area contributed by atoms with Crippen molar-refractivity contribution >= 4 is 5.91 Å². The fourth-order valence-electron chi connectivity index (χ4n) is 4.28. The molecule has 1 aliphatic rings. The predicted octanol–water partition coefficient (Wildman–Crippen LogP) is 3.95. The van der Waals surface area contributed by atoms with Gasteiger partial charge in [-0.2, -0.15) is 0 Å². The van der Waals surface area contributed by atoms with Gasteiger partial charge >= 0.3 is 0 Å². The Labute approximate surface area is 162 Å². The minimum Gasteiger partial charge on any atom is -0.376 e. The van der Waals surface area contributed by atoms with Crippen LogP contribution in [-0.2, 0) is 22.4 Å². The highest BCUT2D eigenvalue weighted by Crippen LogP contribution is 2.44. The summed E-state index contributed by atoms with van der Waals surface area (Å²) in [5, 5.41) is 3.12. The Bertz CT molecular complexity index is 731. The summed E-state index contributed by atoms with van der Waals surface area (Å²) >= 11 is 0. The normalized spacial score (nSPS) is 21.6. The molecule has 1 fully saturated rings. The molecule has 0 radical (unpaired) electrons. The van der Waals surface area contributed by atoms with Crippen LogP contribution in [0, 0.1) is 5.41 Å². The molecule has 1 atom stereocenters.